The lowest BCUT2D eigenvalue weighted by atomic mass is 10.1. The Morgan fingerprint density at radius 3 is 2.73 bits per heavy atom. The third kappa shape index (κ3) is 3.10. The fourth-order valence-corrected chi connectivity index (χ4v) is 2.80. The summed E-state index contributed by atoms with van der Waals surface area (Å²) in [5.41, 5.74) is 0.852. The van der Waals surface area contributed by atoms with E-state index in [-0.39, 0.29) is 28.9 Å². The van der Waals surface area contributed by atoms with Crippen LogP contribution in [-0.4, -0.2) is 28.9 Å². The number of hydrogen-bond acceptors (Lipinski definition) is 6. The number of para-hydroxylation sites is 1. The lowest BCUT2D eigenvalue weighted by Gasteiger charge is -2.16. The monoisotopic (exact) mass is 351 g/mol. The molecule has 0 saturated carbocycles. The zero-order valence-electron chi connectivity index (χ0n) is 14.3. The molecule has 7 nitrogen and oxygen atoms in total. The van der Waals surface area contributed by atoms with Gasteiger partial charge in [0.15, 0.2) is 0 Å². The largest absolute Gasteiger partial charge is 0.496 e. The first-order valence-electron chi connectivity index (χ1n) is 7.88. The van der Waals surface area contributed by atoms with Crippen molar-refractivity contribution in [3.63, 3.8) is 0 Å². The van der Waals surface area contributed by atoms with Crippen molar-refractivity contribution in [2.45, 2.75) is 12.6 Å². The minimum absolute atomic E-state index is 0.0447. The summed E-state index contributed by atoms with van der Waals surface area (Å²) in [5, 5.41) is 20.0. The summed E-state index contributed by atoms with van der Waals surface area (Å²) in [6, 6.07) is 12.2. The van der Waals surface area contributed by atoms with Crippen molar-refractivity contribution in [1.29, 1.82) is 5.26 Å². The smallest absolute Gasteiger partial charge is 0.260 e. The Bertz CT molecular complexity index is 1050. The summed E-state index contributed by atoms with van der Waals surface area (Å²) in [6.07, 6.45) is 0.630. The summed E-state index contributed by atoms with van der Waals surface area (Å²) < 4.78 is 11.7. The number of ether oxygens (including phenoxy) is 2. The first-order valence-corrected chi connectivity index (χ1v) is 7.88. The Balaban J connectivity index is 2.02. The summed E-state index contributed by atoms with van der Waals surface area (Å²) in [6.45, 7) is 0.0447. The maximum Gasteiger partial charge on any atom is 0.260 e. The predicted octanol–water partition coefficient (Wildman–Crippen LogP) is 2.02. The van der Waals surface area contributed by atoms with Crippen LogP contribution in [0.1, 0.15) is 17.2 Å². The van der Waals surface area contributed by atoms with Crippen LogP contribution in [0.4, 0.5) is 0 Å². The maximum absolute atomic E-state index is 12.7. The van der Waals surface area contributed by atoms with Crippen LogP contribution in [0.2, 0.25) is 0 Å². The average Bonchev–Trinajstić information content (AvgIpc) is 2.69. The molecular weight excluding hydrogens is 334 g/mol. The molecule has 0 amide bonds. The number of aromatic nitrogens is 2. The molecule has 3 rings (SSSR count). The molecule has 0 fully saturated rings. The van der Waals surface area contributed by atoms with Gasteiger partial charge in [0, 0.05) is 11.8 Å². The van der Waals surface area contributed by atoms with Crippen molar-refractivity contribution in [2.75, 3.05) is 14.2 Å². The fourth-order valence-electron chi connectivity index (χ4n) is 2.80. The van der Waals surface area contributed by atoms with E-state index in [0.29, 0.717) is 16.8 Å². The van der Waals surface area contributed by atoms with Gasteiger partial charge in [-0.05, 0) is 18.2 Å². The van der Waals surface area contributed by atoms with Crippen LogP contribution >= 0.6 is 0 Å². The van der Waals surface area contributed by atoms with Crippen LogP contribution in [0.5, 0.6) is 11.6 Å². The number of hydrogen-bond donors (Lipinski definition) is 1. The number of nitriles is 1. The van der Waals surface area contributed by atoms with Gasteiger partial charge < -0.3 is 19.1 Å². The predicted molar refractivity (Wildman–Crippen MR) is 95.2 cm³/mol. The van der Waals surface area contributed by atoms with Crippen molar-refractivity contribution in [2.24, 2.45) is 0 Å². The molecule has 1 aromatic carbocycles. The highest BCUT2D eigenvalue weighted by Crippen LogP contribution is 2.26. The van der Waals surface area contributed by atoms with E-state index < -0.39 is 6.10 Å². The first-order chi connectivity index (χ1) is 12.6. The highest BCUT2D eigenvalue weighted by atomic mass is 16.5. The molecule has 1 atom stereocenters. The Hall–Kier alpha value is -3.37. The van der Waals surface area contributed by atoms with E-state index in [1.54, 1.807) is 36.5 Å². The molecule has 0 radical (unpaired) electrons. The topological polar surface area (TPSA) is 97.4 Å². The lowest BCUT2D eigenvalue weighted by molar-refractivity contribution is 0.151. The van der Waals surface area contributed by atoms with E-state index in [0.717, 1.165) is 0 Å². The van der Waals surface area contributed by atoms with Crippen LogP contribution in [0.3, 0.4) is 0 Å². The maximum atomic E-state index is 12.7. The van der Waals surface area contributed by atoms with E-state index >= 15 is 0 Å². The van der Waals surface area contributed by atoms with E-state index in [1.807, 2.05) is 6.07 Å². The van der Waals surface area contributed by atoms with Crippen LogP contribution < -0.4 is 15.0 Å². The molecule has 2 aromatic heterocycles. The quantitative estimate of drug-likeness (QED) is 0.755. The second-order valence-corrected chi connectivity index (χ2v) is 5.62. The first kappa shape index (κ1) is 17.5. The summed E-state index contributed by atoms with van der Waals surface area (Å²) >= 11 is 0. The molecule has 0 spiro atoms. The molecule has 3 aromatic rings. The Morgan fingerprint density at radius 1 is 1.27 bits per heavy atom. The van der Waals surface area contributed by atoms with Crippen molar-refractivity contribution in [1.82, 2.24) is 9.55 Å². The number of pyridine rings is 2. The number of nitrogens with zero attached hydrogens (tertiary/aromatic N) is 3. The number of aliphatic hydroxyl groups excluding tert-OH is 1. The molecule has 0 aliphatic carbocycles. The summed E-state index contributed by atoms with van der Waals surface area (Å²) in [5.74, 6) is 0.721. The van der Waals surface area contributed by atoms with Crippen molar-refractivity contribution < 1.29 is 14.6 Å². The summed E-state index contributed by atoms with van der Waals surface area (Å²) in [7, 11) is 2.94. The Labute approximate surface area is 149 Å². The highest BCUT2D eigenvalue weighted by molar-refractivity contribution is 5.79. The van der Waals surface area contributed by atoms with Gasteiger partial charge in [-0.15, -0.1) is 0 Å². The number of methoxy groups -OCH3 is 2. The average molecular weight is 351 g/mol. The van der Waals surface area contributed by atoms with Crippen molar-refractivity contribution in [3.05, 3.63) is 64.1 Å². The SMILES string of the molecule is COc1ccccc1C(O)Cn1ccc2nc(OC)c(C#N)cc2c1=O. The molecule has 132 valence electrons. The molecule has 0 saturated heterocycles. The van der Waals surface area contributed by atoms with Crippen LogP contribution in [0.25, 0.3) is 10.9 Å². The van der Waals surface area contributed by atoms with Gasteiger partial charge in [-0.3, -0.25) is 4.79 Å². The van der Waals surface area contributed by atoms with Gasteiger partial charge in [0.2, 0.25) is 5.88 Å². The van der Waals surface area contributed by atoms with Gasteiger partial charge in [0.25, 0.3) is 5.56 Å². The fraction of sp³-hybridized carbons (Fsp3) is 0.211. The van der Waals surface area contributed by atoms with E-state index in [2.05, 4.69) is 4.98 Å². The molecule has 0 aliphatic heterocycles. The van der Waals surface area contributed by atoms with Gasteiger partial charge in [0.05, 0.1) is 31.7 Å². The third-order valence-electron chi connectivity index (χ3n) is 4.10. The second kappa shape index (κ2) is 7.25. The zero-order chi connectivity index (χ0) is 18.7. The normalized spacial score (nSPS) is 11.8. The van der Waals surface area contributed by atoms with Crippen LogP contribution in [0, 0.1) is 11.3 Å². The van der Waals surface area contributed by atoms with Crippen LogP contribution in [-0.2, 0) is 6.54 Å². The standard InChI is InChI=1S/C19H17N3O4/c1-25-17-6-4-3-5-13(17)16(23)11-22-8-7-15-14(19(22)24)9-12(10-20)18(21-15)26-2/h3-9,16,23H,11H2,1-2H3. The molecule has 0 bridgehead atoms. The molecule has 7 heteroatoms. The van der Waals surface area contributed by atoms with Crippen LogP contribution in [0.15, 0.2) is 47.4 Å². The van der Waals surface area contributed by atoms with Crippen molar-refractivity contribution in [3.8, 4) is 17.7 Å². The molecule has 26 heavy (non-hydrogen) atoms. The lowest BCUT2D eigenvalue weighted by Crippen LogP contribution is -2.23. The van der Waals surface area contributed by atoms with Gasteiger partial charge in [0.1, 0.15) is 23.5 Å². The van der Waals surface area contributed by atoms with Crippen molar-refractivity contribution >= 4 is 10.9 Å². The molecule has 2 heterocycles. The Morgan fingerprint density at radius 2 is 2.04 bits per heavy atom. The van der Waals surface area contributed by atoms with Gasteiger partial charge in [-0.2, -0.15) is 5.26 Å². The third-order valence-corrected chi connectivity index (χ3v) is 4.10. The number of aliphatic hydroxyl groups is 1. The zero-order valence-corrected chi connectivity index (χ0v) is 14.3. The number of rotatable bonds is 5. The van der Waals surface area contributed by atoms with E-state index in [1.165, 1.54) is 24.9 Å². The molecular formula is C19H17N3O4. The number of benzene rings is 1. The molecule has 1 N–H and O–H groups in total. The minimum atomic E-state index is -0.928. The highest BCUT2D eigenvalue weighted by Gasteiger charge is 2.16. The second-order valence-electron chi connectivity index (χ2n) is 5.62. The number of fused-ring (bicyclic) bond motifs is 1. The molecule has 0 aliphatic rings. The van der Waals surface area contributed by atoms with Gasteiger partial charge >= 0.3 is 0 Å². The van der Waals surface area contributed by atoms with E-state index in [4.69, 9.17) is 9.47 Å². The van der Waals surface area contributed by atoms with E-state index in [9.17, 15) is 15.2 Å². The minimum Gasteiger partial charge on any atom is -0.496 e. The summed E-state index contributed by atoms with van der Waals surface area (Å²) in [4.78, 5) is 16.9. The van der Waals surface area contributed by atoms with Gasteiger partial charge in [-0.25, -0.2) is 4.98 Å². The van der Waals surface area contributed by atoms with Gasteiger partial charge in [-0.1, -0.05) is 18.2 Å². The molecule has 1 unspecified atom stereocenters. The Kier molecular flexibility index (Phi) is 4.87.